The molecule has 7 heteroatoms. The number of hydrogen-bond donors (Lipinski definition) is 2. The molecule has 0 fully saturated rings. The fourth-order valence-electron chi connectivity index (χ4n) is 1.72. The van der Waals surface area contributed by atoms with Gasteiger partial charge in [0.05, 0.1) is 18.6 Å². The Bertz CT molecular complexity index is 529. The molecular weight excluding hydrogens is 248 g/mol. The minimum atomic E-state index is 0.748. The second-order valence-corrected chi connectivity index (χ2v) is 4.87. The summed E-state index contributed by atoms with van der Waals surface area (Å²) in [6, 6.07) is 0. The van der Waals surface area contributed by atoms with E-state index in [1.165, 1.54) is 0 Å². The molecule has 0 bridgehead atoms. The third-order valence-electron chi connectivity index (χ3n) is 2.58. The summed E-state index contributed by atoms with van der Waals surface area (Å²) in [6.07, 6.45) is 6.58. The zero-order valence-corrected chi connectivity index (χ0v) is 10.7. The SMILES string of the molecule is c1cn(Cc2csc(NC3=NCCCN3)n2)cn1. The van der Waals surface area contributed by atoms with E-state index in [4.69, 9.17) is 0 Å². The molecule has 94 valence electrons. The summed E-state index contributed by atoms with van der Waals surface area (Å²) in [7, 11) is 0. The summed E-state index contributed by atoms with van der Waals surface area (Å²) in [5.41, 5.74) is 1.02. The van der Waals surface area contributed by atoms with E-state index in [1.807, 2.05) is 16.1 Å². The van der Waals surface area contributed by atoms with Crippen LogP contribution < -0.4 is 10.6 Å². The van der Waals surface area contributed by atoms with E-state index in [0.29, 0.717) is 0 Å². The number of aliphatic imine (C=N–C) groups is 1. The molecule has 1 aliphatic heterocycles. The summed E-state index contributed by atoms with van der Waals surface area (Å²) in [5.74, 6) is 0.824. The van der Waals surface area contributed by atoms with Crippen LogP contribution in [0.2, 0.25) is 0 Å². The minimum absolute atomic E-state index is 0.748. The molecule has 3 rings (SSSR count). The summed E-state index contributed by atoms with van der Waals surface area (Å²) >= 11 is 1.59. The second kappa shape index (κ2) is 5.18. The summed E-state index contributed by atoms with van der Waals surface area (Å²) < 4.78 is 2.00. The Hall–Kier alpha value is -1.89. The Balaban J connectivity index is 1.64. The van der Waals surface area contributed by atoms with Gasteiger partial charge in [-0.15, -0.1) is 11.3 Å². The van der Waals surface area contributed by atoms with Crippen LogP contribution >= 0.6 is 11.3 Å². The van der Waals surface area contributed by atoms with Crippen LogP contribution in [0.1, 0.15) is 12.1 Å². The first-order valence-corrected chi connectivity index (χ1v) is 6.73. The molecule has 0 unspecified atom stereocenters. The number of nitrogens with one attached hydrogen (secondary N) is 2. The molecule has 0 radical (unpaired) electrons. The predicted molar refractivity (Wildman–Crippen MR) is 72.0 cm³/mol. The first-order valence-electron chi connectivity index (χ1n) is 5.86. The standard InChI is InChI=1S/C11H14N6S/c1-2-13-10(14-3-1)16-11-15-9(7-18-11)6-17-5-4-12-8-17/h4-5,7-8H,1-3,6H2,(H2,13,14,15,16). The molecule has 2 aromatic rings. The maximum absolute atomic E-state index is 4.52. The fourth-order valence-corrected chi connectivity index (χ4v) is 2.42. The Labute approximate surface area is 109 Å². The van der Waals surface area contributed by atoms with Crippen molar-refractivity contribution in [3.8, 4) is 0 Å². The number of rotatable bonds is 3. The quantitative estimate of drug-likeness (QED) is 0.870. The van der Waals surface area contributed by atoms with Crippen molar-refractivity contribution in [2.24, 2.45) is 4.99 Å². The number of nitrogens with zero attached hydrogens (tertiary/aromatic N) is 4. The van der Waals surface area contributed by atoms with Crippen LogP contribution in [-0.2, 0) is 6.54 Å². The molecule has 0 spiro atoms. The summed E-state index contributed by atoms with van der Waals surface area (Å²) in [6.45, 7) is 2.60. The molecule has 6 nitrogen and oxygen atoms in total. The van der Waals surface area contributed by atoms with Gasteiger partial charge in [0.2, 0.25) is 0 Å². The van der Waals surface area contributed by atoms with E-state index in [0.717, 1.165) is 42.8 Å². The van der Waals surface area contributed by atoms with Gasteiger partial charge in [-0.25, -0.2) is 9.97 Å². The lowest BCUT2D eigenvalue weighted by molar-refractivity contribution is 0.739. The first kappa shape index (κ1) is 11.2. The van der Waals surface area contributed by atoms with Crippen molar-refractivity contribution >= 4 is 22.4 Å². The predicted octanol–water partition coefficient (Wildman–Crippen LogP) is 1.15. The number of thiazole rings is 1. The number of hydrogen-bond acceptors (Lipinski definition) is 6. The number of anilines is 1. The van der Waals surface area contributed by atoms with E-state index >= 15 is 0 Å². The lowest BCUT2D eigenvalue weighted by Gasteiger charge is -2.14. The van der Waals surface area contributed by atoms with Crippen molar-refractivity contribution in [2.75, 3.05) is 18.4 Å². The van der Waals surface area contributed by atoms with E-state index in [2.05, 4.69) is 25.6 Å². The lowest BCUT2D eigenvalue weighted by Crippen LogP contribution is -2.35. The highest BCUT2D eigenvalue weighted by atomic mass is 32.1. The van der Waals surface area contributed by atoms with Gasteiger partial charge in [0.25, 0.3) is 0 Å². The van der Waals surface area contributed by atoms with Crippen LogP contribution in [0.15, 0.2) is 29.1 Å². The first-order chi connectivity index (χ1) is 8.90. The number of imidazole rings is 1. The highest BCUT2D eigenvalue weighted by molar-refractivity contribution is 7.13. The van der Waals surface area contributed by atoms with Gasteiger partial charge < -0.3 is 15.2 Å². The van der Waals surface area contributed by atoms with E-state index in [1.54, 1.807) is 23.9 Å². The van der Waals surface area contributed by atoms with E-state index < -0.39 is 0 Å². The average molecular weight is 262 g/mol. The molecule has 2 N–H and O–H groups in total. The summed E-state index contributed by atoms with van der Waals surface area (Å²) in [4.78, 5) is 12.9. The molecule has 0 aromatic carbocycles. The van der Waals surface area contributed by atoms with Gasteiger partial charge in [-0.05, 0) is 6.42 Å². The fraction of sp³-hybridized carbons (Fsp3) is 0.364. The smallest absolute Gasteiger partial charge is 0.197 e. The van der Waals surface area contributed by atoms with Gasteiger partial charge in [0.15, 0.2) is 11.1 Å². The second-order valence-electron chi connectivity index (χ2n) is 4.01. The van der Waals surface area contributed by atoms with Crippen molar-refractivity contribution in [2.45, 2.75) is 13.0 Å². The van der Waals surface area contributed by atoms with Crippen molar-refractivity contribution in [1.82, 2.24) is 19.9 Å². The lowest BCUT2D eigenvalue weighted by atomic mass is 10.4. The zero-order valence-electron chi connectivity index (χ0n) is 9.83. The van der Waals surface area contributed by atoms with Gasteiger partial charge in [0.1, 0.15) is 0 Å². The number of guanidine groups is 1. The normalized spacial score (nSPS) is 15.0. The van der Waals surface area contributed by atoms with Crippen LogP contribution in [-0.4, -0.2) is 33.6 Å². The Morgan fingerprint density at radius 2 is 2.50 bits per heavy atom. The van der Waals surface area contributed by atoms with Gasteiger partial charge in [0, 0.05) is 30.9 Å². The Morgan fingerprint density at radius 1 is 1.50 bits per heavy atom. The van der Waals surface area contributed by atoms with Gasteiger partial charge in [-0.2, -0.15) is 0 Å². The molecule has 0 saturated heterocycles. The highest BCUT2D eigenvalue weighted by Gasteiger charge is 2.07. The van der Waals surface area contributed by atoms with E-state index in [9.17, 15) is 0 Å². The molecule has 2 aromatic heterocycles. The number of aromatic nitrogens is 3. The molecule has 1 aliphatic rings. The van der Waals surface area contributed by atoms with Gasteiger partial charge >= 0.3 is 0 Å². The third kappa shape index (κ3) is 2.67. The molecule has 0 atom stereocenters. The Morgan fingerprint density at radius 3 is 3.28 bits per heavy atom. The molecule has 18 heavy (non-hydrogen) atoms. The topological polar surface area (TPSA) is 67.1 Å². The van der Waals surface area contributed by atoms with Crippen molar-refractivity contribution < 1.29 is 0 Å². The minimum Gasteiger partial charge on any atom is -0.356 e. The van der Waals surface area contributed by atoms with Crippen LogP contribution in [0.4, 0.5) is 5.13 Å². The van der Waals surface area contributed by atoms with Crippen LogP contribution in [0, 0.1) is 0 Å². The summed E-state index contributed by atoms with van der Waals surface area (Å²) in [5, 5.41) is 9.34. The highest BCUT2D eigenvalue weighted by Crippen LogP contribution is 2.16. The van der Waals surface area contributed by atoms with Gasteiger partial charge in [-0.3, -0.25) is 4.99 Å². The van der Waals surface area contributed by atoms with Crippen molar-refractivity contribution in [3.05, 3.63) is 29.8 Å². The van der Waals surface area contributed by atoms with Crippen LogP contribution in [0.3, 0.4) is 0 Å². The van der Waals surface area contributed by atoms with Crippen molar-refractivity contribution in [1.29, 1.82) is 0 Å². The zero-order chi connectivity index (χ0) is 12.2. The van der Waals surface area contributed by atoms with Gasteiger partial charge in [-0.1, -0.05) is 0 Å². The average Bonchev–Trinajstić information content (AvgIpc) is 3.03. The molecular formula is C11H14N6S. The van der Waals surface area contributed by atoms with Crippen molar-refractivity contribution in [3.63, 3.8) is 0 Å². The molecule has 0 saturated carbocycles. The third-order valence-corrected chi connectivity index (χ3v) is 3.38. The monoisotopic (exact) mass is 262 g/mol. The molecule has 0 aliphatic carbocycles. The Kier molecular flexibility index (Phi) is 3.22. The maximum Gasteiger partial charge on any atom is 0.197 e. The van der Waals surface area contributed by atoms with E-state index in [-0.39, 0.29) is 0 Å². The maximum atomic E-state index is 4.52. The molecule has 0 amide bonds. The largest absolute Gasteiger partial charge is 0.356 e. The van der Waals surface area contributed by atoms with Crippen LogP contribution in [0.25, 0.3) is 0 Å². The molecule has 3 heterocycles. The van der Waals surface area contributed by atoms with Crippen LogP contribution in [0.5, 0.6) is 0 Å².